The first-order valence-corrected chi connectivity index (χ1v) is 9.72. The molecular weight excluding hydrogens is 296 g/mol. The van der Waals surface area contributed by atoms with Crippen LogP contribution in [0.4, 0.5) is 0 Å². The van der Waals surface area contributed by atoms with Crippen LogP contribution < -0.4 is 0 Å². The summed E-state index contributed by atoms with van der Waals surface area (Å²) in [5.74, 6) is 0.849. The van der Waals surface area contributed by atoms with Gasteiger partial charge in [0.25, 0.3) is 10.1 Å². The van der Waals surface area contributed by atoms with Gasteiger partial charge in [-0.2, -0.15) is 8.42 Å². The largest absolute Gasteiger partial charge is 0.297 e. The first-order valence-electron chi connectivity index (χ1n) is 8.31. The van der Waals surface area contributed by atoms with Crippen LogP contribution in [0.25, 0.3) is 0 Å². The lowest BCUT2D eigenvalue weighted by molar-refractivity contribution is 0.139. The van der Waals surface area contributed by atoms with Gasteiger partial charge in [-0.15, -0.1) is 0 Å². The molecular formula is C18H28O3S. The van der Waals surface area contributed by atoms with Gasteiger partial charge in [0.1, 0.15) is 0 Å². The van der Waals surface area contributed by atoms with Gasteiger partial charge < -0.3 is 0 Å². The normalized spacial score (nSPS) is 17.6. The summed E-state index contributed by atoms with van der Waals surface area (Å²) in [6.07, 6.45) is 9.07. The summed E-state index contributed by atoms with van der Waals surface area (Å²) in [6, 6.07) is 7.16. The fourth-order valence-electron chi connectivity index (χ4n) is 3.05. The molecule has 0 amide bonds. The van der Waals surface area contributed by atoms with Crippen LogP contribution in [0.15, 0.2) is 29.2 Å². The van der Waals surface area contributed by atoms with Crippen molar-refractivity contribution < 1.29 is 12.6 Å². The minimum atomic E-state index is -3.67. The zero-order valence-corrected chi connectivity index (χ0v) is 14.8. The first kappa shape index (κ1) is 17.5. The van der Waals surface area contributed by atoms with Gasteiger partial charge in [0.15, 0.2) is 0 Å². The maximum Gasteiger partial charge on any atom is 0.297 e. The predicted octanol–water partition coefficient (Wildman–Crippen LogP) is 4.70. The number of hydrogen-bond donors (Lipinski definition) is 0. The third-order valence-corrected chi connectivity index (χ3v) is 5.71. The van der Waals surface area contributed by atoms with Crippen LogP contribution in [0.1, 0.15) is 64.9 Å². The SMILES string of the molecule is CC(C)(C)OS(=O)(=O)c1ccc(CCC2CCCCC2)cc1. The molecule has 2 rings (SSSR count). The summed E-state index contributed by atoms with van der Waals surface area (Å²) in [4.78, 5) is 0.240. The van der Waals surface area contributed by atoms with Gasteiger partial charge in [0, 0.05) is 0 Å². The molecule has 1 aromatic rings. The Morgan fingerprint density at radius 1 is 1.05 bits per heavy atom. The number of rotatable bonds is 5. The van der Waals surface area contributed by atoms with E-state index in [0.717, 1.165) is 12.3 Å². The molecule has 0 saturated heterocycles. The summed E-state index contributed by atoms with van der Waals surface area (Å²) in [5.41, 5.74) is 0.499. The molecule has 0 N–H and O–H groups in total. The molecule has 0 bridgehead atoms. The van der Waals surface area contributed by atoms with Crippen molar-refractivity contribution in [2.24, 2.45) is 5.92 Å². The first-order chi connectivity index (χ1) is 10.3. The fourth-order valence-corrected chi connectivity index (χ4v) is 4.27. The van der Waals surface area contributed by atoms with E-state index in [1.165, 1.54) is 44.1 Å². The quantitative estimate of drug-likeness (QED) is 0.737. The van der Waals surface area contributed by atoms with Crippen LogP contribution >= 0.6 is 0 Å². The minimum absolute atomic E-state index is 0.240. The molecule has 0 heterocycles. The Morgan fingerprint density at radius 2 is 1.64 bits per heavy atom. The average molecular weight is 324 g/mol. The highest BCUT2D eigenvalue weighted by Crippen LogP contribution is 2.28. The lowest BCUT2D eigenvalue weighted by Crippen LogP contribution is -2.24. The number of benzene rings is 1. The van der Waals surface area contributed by atoms with E-state index < -0.39 is 15.7 Å². The van der Waals surface area contributed by atoms with E-state index in [4.69, 9.17) is 4.18 Å². The highest BCUT2D eigenvalue weighted by Gasteiger charge is 2.23. The summed E-state index contributed by atoms with van der Waals surface area (Å²) in [6.45, 7) is 5.22. The third kappa shape index (κ3) is 5.40. The summed E-state index contributed by atoms with van der Waals surface area (Å²) < 4.78 is 29.5. The van der Waals surface area contributed by atoms with Crippen LogP contribution in [-0.4, -0.2) is 14.0 Å². The number of hydrogen-bond acceptors (Lipinski definition) is 3. The Bertz CT molecular complexity index is 561. The highest BCUT2D eigenvalue weighted by atomic mass is 32.2. The Kier molecular flexibility index (Phi) is 5.67. The highest BCUT2D eigenvalue weighted by molar-refractivity contribution is 7.86. The van der Waals surface area contributed by atoms with Crippen LogP contribution in [0.2, 0.25) is 0 Å². The van der Waals surface area contributed by atoms with Gasteiger partial charge in [-0.05, 0) is 57.2 Å². The molecule has 1 aliphatic rings. The van der Waals surface area contributed by atoms with E-state index >= 15 is 0 Å². The molecule has 1 aromatic carbocycles. The van der Waals surface area contributed by atoms with Crippen molar-refractivity contribution in [2.75, 3.05) is 0 Å². The van der Waals surface area contributed by atoms with Gasteiger partial charge >= 0.3 is 0 Å². The third-order valence-electron chi connectivity index (χ3n) is 4.14. The maximum absolute atomic E-state index is 12.1. The van der Waals surface area contributed by atoms with E-state index in [0.29, 0.717) is 0 Å². The molecule has 22 heavy (non-hydrogen) atoms. The van der Waals surface area contributed by atoms with Crippen molar-refractivity contribution in [3.63, 3.8) is 0 Å². The summed E-state index contributed by atoms with van der Waals surface area (Å²) >= 11 is 0. The van der Waals surface area contributed by atoms with Crippen molar-refractivity contribution in [3.8, 4) is 0 Å². The molecule has 124 valence electrons. The Morgan fingerprint density at radius 3 is 2.18 bits per heavy atom. The zero-order valence-electron chi connectivity index (χ0n) is 14.0. The lowest BCUT2D eigenvalue weighted by atomic mass is 9.85. The number of aryl methyl sites for hydroxylation is 1. The van der Waals surface area contributed by atoms with Crippen LogP contribution in [0.5, 0.6) is 0 Å². The molecule has 0 radical (unpaired) electrons. The van der Waals surface area contributed by atoms with Crippen LogP contribution in [0, 0.1) is 5.92 Å². The predicted molar refractivity (Wildman–Crippen MR) is 89.4 cm³/mol. The molecule has 1 aliphatic carbocycles. The standard InChI is InChI=1S/C18H28O3S/c1-18(2,3)21-22(19,20)17-13-11-16(12-14-17)10-9-15-7-5-4-6-8-15/h11-15H,4-10H2,1-3H3. The maximum atomic E-state index is 12.1. The van der Waals surface area contributed by atoms with Gasteiger partial charge in [0.2, 0.25) is 0 Å². The summed E-state index contributed by atoms with van der Waals surface area (Å²) in [5, 5.41) is 0. The zero-order chi connectivity index (χ0) is 16.2. The van der Waals surface area contributed by atoms with Gasteiger partial charge in [-0.1, -0.05) is 44.2 Å². The topological polar surface area (TPSA) is 43.4 Å². The second-order valence-electron chi connectivity index (χ2n) is 7.34. The fraction of sp³-hybridized carbons (Fsp3) is 0.667. The smallest absolute Gasteiger partial charge is 0.261 e. The average Bonchev–Trinajstić information content (AvgIpc) is 2.44. The van der Waals surface area contributed by atoms with E-state index in [2.05, 4.69) is 0 Å². The van der Waals surface area contributed by atoms with Crippen molar-refractivity contribution in [1.82, 2.24) is 0 Å². The van der Waals surface area contributed by atoms with E-state index in [9.17, 15) is 8.42 Å². The molecule has 1 fully saturated rings. The second-order valence-corrected chi connectivity index (χ2v) is 8.88. The van der Waals surface area contributed by atoms with Gasteiger partial charge in [-0.3, -0.25) is 4.18 Å². The molecule has 0 aliphatic heterocycles. The van der Waals surface area contributed by atoms with Crippen molar-refractivity contribution in [1.29, 1.82) is 0 Å². The molecule has 4 heteroatoms. The molecule has 3 nitrogen and oxygen atoms in total. The molecule has 0 spiro atoms. The Labute approximate surface area is 135 Å². The van der Waals surface area contributed by atoms with E-state index in [1.807, 2.05) is 12.1 Å². The Balaban J connectivity index is 1.95. The monoisotopic (exact) mass is 324 g/mol. The molecule has 0 aromatic heterocycles. The van der Waals surface area contributed by atoms with Gasteiger partial charge in [0.05, 0.1) is 10.5 Å². The second kappa shape index (κ2) is 7.14. The van der Waals surface area contributed by atoms with E-state index in [-0.39, 0.29) is 4.90 Å². The Hall–Kier alpha value is -0.870. The minimum Gasteiger partial charge on any atom is -0.261 e. The van der Waals surface area contributed by atoms with E-state index in [1.54, 1.807) is 32.9 Å². The van der Waals surface area contributed by atoms with Crippen molar-refractivity contribution in [3.05, 3.63) is 29.8 Å². The molecule has 1 saturated carbocycles. The van der Waals surface area contributed by atoms with Crippen LogP contribution in [-0.2, 0) is 20.7 Å². The molecule has 0 unspecified atom stereocenters. The van der Waals surface area contributed by atoms with Crippen LogP contribution in [0.3, 0.4) is 0 Å². The van der Waals surface area contributed by atoms with Gasteiger partial charge in [-0.25, -0.2) is 0 Å². The summed E-state index contributed by atoms with van der Waals surface area (Å²) in [7, 11) is -3.67. The molecule has 0 atom stereocenters. The van der Waals surface area contributed by atoms with Crippen molar-refractivity contribution >= 4 is 10.1 Å². The lowest BCUT2D eigenvalue weighted by Gasteiger charge is -2.21. The van der Waals surface area contributed by atoms with Crippen molar-refractivity contribution in [2.45, 2.75) is 76.2 Å².